The number of rotatable bonds is 6. The Hall–Kier alpha value is -2.89. The summed E-state index contributed by atoms with van der Waals surface area (Å²) >= 11 is 0. The Morgan fingerprint density at radius 2 is 1.95 bits per heavy atom. The number of nitro groups is 1. The molecule has 6 nitrogen and oxygen atoms in total. The van der Waals surface area contributed by atoms with Crippen molar-refractivity contribution in [2.75, 3.05) is 5.32 Å². The average molecular weight is 272 g/mol. The first-order valence-electron chi connectivity index (χ1n) is 5.86. The third-order valence-electron chi connectivity index (χ3n) is 2.63. The predicted molar refractivity (Wildman–Crippen MR) is 73.6 cm³/mol. The number of amides is 1. The summed E-state index contributed by atoms with van der Waals surface area (Å²) in [5.41, 5.74) is 0.893. The van der Waals surface area contributed by atoms with Crippen molar-refractivity contribution in [1.82, 2.24) is 0 Å². The Morgan fingerprint density at radius 1 is 1.20 bits per heavy atom. The van der Waals surface area contributed by atoms with E-state index in [0.29, 0.717) is 18.8 Å². The third-order valence-corrected chi connectivity index (χ3v) is 2.63. The van der Waals surface area contributed by atoms with Crippen LogP contribution in [-0.2, 0) is 11.4 Å². The number of hydrogen-bond acceptors (Lipinski definition) is 4. The van der Waals surface area contributed by atoms with Crippen LogP contribution < -0.4 is 10.1 Å². The van der Waals surface area contributed by atoms with E-state index in [2.05, 4.69) is 5.32 Å². The standard InChI is InChI=1S/C14H12N2O4/c17-10-15-13-7-6-12(8-14(13)16(18)19)20-9-11-4-2-1-3-5-11/h1-8,10H,9H2,(H,15,17). The minimum absolute atomic E-state index is 0.136. The van der Waals surface area contributed by atoms with Crippen molar-refractivity contribution in [3.8, 4) is 5.75 Å². The Labute approximate surface area is 115 Å². The van der Waals surface area contributed by atoms with Gasteiger partial charge in [0.15, 0.2) is 0 Å². The Bertz CT molecular complexity index is 614. The minimum Gasteiger partial charge on any atom is -0.489 e. The highest BCUT2D eigenvalue weighted by Gasteiger charge is 2.14. The molecule has 0 unspecified atom stereocenters. The summed E-state index contributed by atoms with van der Waals surface area (Å²) in [7, 11) is 0. The number of nitrogens with zero attached hydrogens (tertiary/aromatic N) is 1. The molecule has 0 saturated heterocycles. The number of ether oxygens (including phenoxy) is 1. The summed E-state index contributed by atoms with van der Waals surface area (Å²) < 4.78 is 5.50. The van der Waals surface area contributed by atoms with Gasteiger partial charge in [0.05, 0.1) is 11.0 Å². The summed E-state index contributed by atoms with van der Waals surface area (Å²) in [6.45, 7) is 0.318. The Balaban J connectivity index is 2.14. The van der Waals surface area contributed by atoms with Gasteiger partial charge in [-0.15, -0.1) is 0 Å². The van der Waals surface area contributed by atoms with E-state index in [1.807, 2.05) is 30.3 Å². The Kier molecular flexibility index (Phi) is 4.28. The van der Waals surface area contributed by atoms with Crippen LogP contribution in [0.4, 0.5) is 11.4 Å². The highest BCUT2D eigenvalue weighted by Crippen LogP contribution is 2.29. The lowest BCUT2D eigenvalue weighted by molar-refractivity contribution is -0.384. The second-order valence-electron chi connectivity index (χ2n) is 3.97. The topological polar surface area (TPSA) is 81.5 Å². The van der Waals surface area contributed by atoms with E-state index in [9.17, 15) is 14.9 Å². The monoisotopic (exact) mass is 272 g/mol. The van der Waals surface area contributed by atoms with Crippen molar-refractivity contribution in [1.29, 1.82) is 0 Å². The zero-order valence-electron chi connectivity index (χ0n) is 10.5. The van der Waals surface area contributed by atoms with Gasteiger partial charge in [-0.05, 0) is 17.7 Å². The number of nitro benzene ring substituents is 1. The van der Waals surface area contributed by atoms with Crippen LogP contribution in [0.15, 0.2) is 48.5 Å². The molecule has 20 heavy (non-hydrogen) atoms. The first kappa shape index (κ1) is 13.5. The van der Waals surface area contributed by atoms with Gasteiger partial charge in [-0.25, -0.2) is 0 Å². The third kappa shape index (κ3) is 3.32. The normalized spacial score (nSPS) is 9.80. The molecule has 0 spiro atoms. The van der Waals surface area contributed by atoms with E-state index in [0.717, 1.165) is 5.56 Å². The molecule has 1 amide bonds. The largest absolute Gasteiger partial charge is 0.489 e. The maximum atomic E-state index is 10.9. The molecule has 0 atom stereocenters. The minimum atomic E-state index is -0.568. The molecule has 2 aromatic carbocycles. The van der Waals surface area contributed by atoms with Gasteiger partial charge in [0.1, 0.15) is 18.0 Å². The maximum absolute atomic E-state index is 10.9. The zero-order valence-corrected chi connectivity index (χ0v) is 10.5. The van der Waals surface area contributed by atoms with Crippen LogP contribution in [0.2, 0.25) is 0 Å². The van der Waals surface area contributed by atoms with Crippen molar-refractivity contribution in [3.05, 3.63) is 64.2 Å². The molecule has 102 valence electrons. The van der Waals surface area contributed by atoms with E-state index >= 15 is 0 Å². The fourth-order valence-electron chi connectivity index (χ4n) is 1.68. The molecule has 0 aliphatic rings. The Morgan fingerprint density at radius 3 is 2.60 bits per heavy atom. The molecule has 0 radical (unpaired) electrons. The van der Waals surface area contributed by atoms with Gasteiger partial charge < -0.3 is 10.1 Å². The molecule has 0 fully saturated rings. The van der Waals surface area contributed by atoms with E-state index in [4.69, 9.17) is 4.74 Å². The number of nitrogens with one attached hydrogen (secondary N) is 1. The van der Waals surface area contributed by atoms with Crippen LogP contribution >= 0.6 is 0 Å². The molecule has 0 saturated carbocycles. The quantitative estimate of drug-likeness (QED) is 0.498. The van der Waals surface area contributed by atoms with Gasteiger partial charge in [0.25, 0.3) is 5.69 Å². The van der Waals surface area contributed by atoms with Gasteiger partial charge in [0.2, 0.25) is 6.41 Å². The molecular formula is C14H12N2O4. The van der Waals surface area contributed by atoms with E-state index in [1.54, 1.807) is 6.07 Å². The fraction of sp³-hybridized carbons (Fsp3) is 0.0714. The van der Waals surface area contributed by atoms with Crippen molar-refractivity contribution in [3.63, 3.8) is 0 Å². The van der Waals surface area contributed by atoms with Crippen LogP contribution in [0.5, 0.6) is 5.75 Å². The molecule has 2 aromatic rings. The molecule has 6 heteroatoms. The lowest BCUT2D eigenvalue weighted by atomic mass is 10.2. The van der Waals surface area contributed by atoms with Crippen molar-refractivity contribution >= 4 is 17.8 Å². The highest BCUT2D eigenvalue weighted by molar-refractivity contribution is 5.78. The molecular weight excluding hydrogens is 260 g/mol. The lowest BCUT2D eigenvalue weighted by Gasteiger charge is -2.07. The van der Waals surface area contributed by atoms with Crippen LogP contribution in [0.3, 0.4) is 0 Å². The molecule has 0 aliphatic carbocycles. The molecule has 0 heterocycles. The fourth-order valence-corrected chi connectivity index (χ4v) is 1.68. The summed E-state index contributed by atoms with van der Waals surface area (Å²) in [6, 6.07) is 13.8. The van der Waals surface area contributed by atoms with E-state index in [-0.39, 0.29) is 11.4 Å². The number of hydrogen-bond donors (Lipinski definition) is 1. The predicted octanol–water partition coefficient (Wildman–Crippen LogP) is 2.74. The van der Waals surface area contributed by atoms with Gasteiger partial charge >= 0.3 is 0 Å². The number of anilines is 1. The van der Waals surface area contributed by atoms with Crippen LogP contribution in [0.1, 0.15) is 5.56 Å². The van der Waals surface area contributed by atoms with Crippen molar-refractivity contribution in [2.24, 2.45) is 0 Å². The average Bonchev–Trinajstić information content (AvgIpc) is 2.47. The summed E-state index contributed by atoms with van der Waals surface area (Å²) in [5.74, 6) is 0.372. The zero-order chi connectivity index (χ0) is 14.4. The van der Waals surface area contributed by atoms with Crippen LogP contribution in [0, 0.1) is 10.1 Å². The second kappa shape index (κ2) is 6.33. The lowest BCUT2D eigenvalue weighted by Crippen LogP contribution is -2.01. The van der Waals surface area contributed by atoms with Crippen molar-refractivity contribution in [2.45, 2.75) is 6.61 Å². The van der Waals surface area contributed by atoms with Crippen LogP contribution in [0.25, 0.3) is 0 Å². The summed E-state index contributed by atoms with van der Waals surface area (Å²) in [4.78, 5) is 20.7. The smallest absolute Gasteiger partial charge is 0.296 e. The first-order chi connectivity index (χ1) is 9.70. The molecule has 0 bridgehead atoms. The number of carbonyl (C=O) groups is 1. The number of benzene rings is 2. The van der Waals surface area contributed by atoms with Crippen LogP contribution in [-0.4, -0.2) is 11.3 Å². The van der Waals surface area contributed by atoms with Crippen molar-refractivity contribution < 1.29 is 14.5 Å². The molecule has 0 aromatic heterocycles. The molecule has 1 N–H and O–H groups in total. The van der Waals surface area contributed by atoms with Gasteiger partial charge in [-0.2, -0.15) is 0 Å². The maximum Gasteiger partial charge on any atom is 0.296 e. The van der Waals surface area contributed by atoms with Gasteiger partial charge in [-0.3, -0.25) is 14.9 Å². The molecule has 2 rings (SSSR count). The van der Waals surface area contributed by atoms with Gasteiger partial charge in [-0.1, -0.05) is 30.3 Å². The van der Waals surface area contributed by atoms with E-state index < -0.39 is 4.92 Å². The summed E-state index contributed by atoms with van der Waals surface area (Å²) in [6.07, 6.45) is 0.396. The summed E-state index contributed by atoms with van der Waals surface area (Å²) in [5, 5.41) is 13.2. The SMILES string of the molecule is O=CNc1ccc(OCc2ccccc2)cc1[N+](=O)[O-]. The second-order valence-corrected chi connectivity index (χ2v) is 3.97. The first-order valence-corrected chi connectivity index (χ1v) is 5.86. The number of carbonyl (C=O) groups excluding carboxylic acids is 1. The van der Waals surface area contributed by atoms with Gasteiger partial charge in [0, 0.05) is 0 Å². The highest BCUT2D eigenvalue weighted by atomic mass is 16.6. The van der Waals surface area contributed by atoms with E-state index in [1.165, 1.54) is 12.1 Å². The molecule has 0 aliphatic heterocycles.